The van der Waals surface area contributed by atoms with Crippen LogP contribution in [0.1, 0.15) is 22.5 Å². The van der Waals surface area contributed by atoms with Crippen LogP contribution in [-0.2, 0) is 4.79 Å². The zero-order valence-corrected chi connectivity index (χ0v) is 15.7. The Labute approximate surface area is 158 Å². The van der Waals surface area contributed by atoms with Crippen molar-refractivity contribution < 1.29 is 14.3 Å². The Morgan fingerprint density at radius 3 is 3.00 bits per heavy atom. The van der Waals surface area contributed by atoms with E-state index in [1.54, 1.807) is 18.1 Å². The van der Waals surface area contributed by atoms with Gasteiger partial charge in [0.25, 0.3) is 5.91 Å². The first-order valence-electron chi connectivity index (χ1n) is 8.25. The number of nitrogens with zero attached hydrogens (tertiary/aromatic N) is 2. The van der Waals surface area contributed by atoms with Crippen LogP contribution < -0.4 is 10.1 Å². The molecule has 1 aromatic carbocycles. The van der Waals surface area contributed by atoms with Crippen molar-refractivity contribution in [3.8, 4) is 5.75 Å². The number of rotatable bonds is 4. The van der Waals surface area contributed by atoms with Gasteiger partial charge >= 0.3 is 0 Å². The molecule has 6 nitrogen and oxygen atoms in total. The van der Waals surface area contributed by atoms with Gasteiger partial charge in [0.1, 0.15) is 11.8 Å². The molecule has 1 saturated heterocycles. The van der Waals surface area contributed by atoms with Crippen molar-refractivity contribution in [3.05, 3.63) is 40.6 Å². The van der Waals surface area contributed by atoms with Crippen LogP contribution in [0, 0.1) is 0 Å². The van der Waals surface area contributed by atoms with Gasteiger partial charge in [0.05, 0.1) is 22.2 Å². The predicted molar refractivity (Wildman–Crippen MR) is 103 cm³/mol. The second kappa shape index (κ2) is 7.05. The number of methoxy groups -OCH3 is 1. The Balaban J connectivity index is 1.51. The summed E-state index contributed by atoms with van der Waals surface area (Å²) in [6.07, 6.45) is 1.49. The first-order chi connectivity index (χ1) is 12.7. The third kappa shape index (κ3) is 3.17. The van der Waals surface area contributed by atoms with Crippen molar-refractivity contribution in [1.29, 1.82) is 0 Å². The maximum atomic E-state index is 12.7. The first kappa shape index (κ1) is 17.0. The second-order valence-corrected chi connectivity index (χ2v) is 7.95. The number of likely N-dealkylation sites (tertiary alicyclic amines) is 1. The van der Waals surface area contributed by atoms with E-state index in [-0.39, 0.29) is 11.8 Å². The maximum Gasteiger partial charge on any atom is 0.264 e. The summed E-state index contributed by atoms with van der Waals surface area (Å²) in [6, 6.07) is 8.78. The third-order valence-electron chi connectivity index (χ3n) is 4.37. The lowest BCUT2D eigenvalue weighted by Crippen LogP contribution is -2.42. The minimum Gasteiger partial charge on any atom is -0.497 e. The van der Waals surface area contributed by atoms with Gasteiger partial charge in [-0.3, -0.25) is 9.59 Å². The van der Waals surface area contributed by atoms with E-state index in [1.807, 2.05) is 29.6 Å². The highest BCUT2D eigenvalue weighted by molar-refractivity contribution is 7.22. The van der Waals surface area contributed by atoms with Gasteiger partial charge in [-0.25, -0.2) is 4.98 Å². The lowest BCUT2D eigenvalue weighted by molar-refractivity contribution is -0.119. The predicted octanol–water partition coefficient (Wildman–Crippen LogP) is 3.61. The van der Waals surface area contributed by atoms with Gasteiger partial charge in [0, 0.05) is 6.54 Å². The van der Waals surface area contributed by atoms with E-state index in [4.69, 9.17) is 4.74 Å². The Bertz CT molecular complexity index is 952. The van der Waals surface area contributed by atoms with Crippen LogP contribution in [0.25, 0.3) is 10.2 Å². The summed E-state index contributed by atoms with van der Waals surface area (Å²) >= 11 is 2.79. The first-order valence-corrected chi connectivity index (χ1v) is 9.95. The molecule has 0 radical (unpaired) electrons. The number of carbonyl (C=O) groups is 2. The molecule has 134 valence electrons. The van der Waals surface area contributed by atoms with Crippen molar-refractivity contribution in [2.75, 3.05) is 19.0 Å². The maximum absolute atomic E-state index is 12.7. The van der Waals surface area contributed by atoms with Crippen LogP contribution in [0.2, 0.25) is 0 Å². The van der Waals surface area contributed by atoms with Crippen molar-refractivity contribution in [3.63, 3.8) is 0 Å². The summed E-state index contributed by atoms with van der Waals surface area (Å²) in [4.78, 5) is 32.1. The highest BCUT2D eigenvalue weighted by Crippen LogP contribution is 2.30. The van der Waals surface area contributed by atoms with Gasteiger partial charge < -0.3 is 15.0 Å². The fourth-order valence-corrected chi connectivity index (χ4v) is 4.67. The third-order valence-corrected chi connectivity index (χ3v) is 6.17. The number of nitrogens with one attached hydrogen (secondary N) is 1. The Hall–Kier alpha value is -2.45. The summed E-state index contributed by atoms with van der Waals surface area (Å²) < 4.78 is 6.16. The lowest BCUT2D eigenvalue weighted by Gasteiger charge is -2.22. The molecule has 1 atom stereocenters. The number of carbonyl (C=O) groups excluding carboxylic acids is 2. The van der Waals surface area contributed by atoms with Gasteiger partial charge in [-0.1, -0.05) is 17.4 Å². The van der Waals surface area contributed by atoms with E-state index in [0.29, 0.717) is 23.0 Å². The average Bonchev–Trinajstić information content (AvgIpc) is 3.39. The van der Waals surface area contributed by atoms with Crippen molar-refractivity contribution in [1.82, 2.24) is 9.88 Å². The van der Waals surface area contributed by atoms with Crippen LogP contribution in [0.15, 0.2) is 35.7 Å². The topological polar surface area (TPSA) is 71.5 Å². The molecule has 1 N–H and O–H groups in total. The molecule has 0 spiro atoms. The molecule has 1 fully saturated rings. The molecule has 0 unspecified atom stereocenters. The lowest BCUT2D eigenvalue weighted by atomic mass is 10.2. The highest BCUT2D eigenvalue weighted by atomic mass is 32.1. The molecule has 3 heterocycles. The van der Waals surface area contributed by atoms with Crippen molar-refractivity contribution in [2.24, 2.45) is 0 Å². The van der Waals surface area contributed by atoms with Gasteiger partial charge in [-0.15, -0.1) is 11.3 Å². The number of hydrogen-bond acceptors (Lipinski definition) is 6. The Kier molecular flexibility index (Phi) is 4.60. The van der Waals surface area contributed by atoms with Crippen LogP contribution in [-0.4, -0.2) is 41.4 Å². The van der Waals surface area contributed by atoms with E-state index in [0.717, 1.165) is 22.4 Å². The number of aromatic nitrogens is 1. The number of thiazole rings is 1. The fourth-order valence-electron chi connectivity index (χ4n) is 3.10. The summed E-state index contributed by atoms with van der Waals surface area (Å²) in [6.45, 7) is 0.603. The van der Waals surface area contributed by atoms with E-state index >= 15 is 0 Å². The minimum atomic E-state index is -0.453. The smallest absolute Gasteiger partial charge is 0.264 e. The number of ether oxygens (including phenoxy) is 1. The quantitative estimate of drug-likeness (QED) is 0.742. The highest BCUT2D eigenvalue weighted by Gasteiger charge is 2.35. The van der Waals surface area contributed by atoms with E-state index in [2.05, 4.69) is 10.3 Å². The monoisotopic (exact) mass is 387 g/mol. The fraction of sp³-hybridized carbons (Fsp3) is 0.278. The molecule has 1 aliphatic rings. The van der Waals surface area contributed by atoms with Crippen LogP contribution >= 0.6 is 22.7 Å². The Morgan fingerprint density at radius 2 is 2.23 bits per heavy atom. The summed E-state index contributed by atoms with van der Waals surface area (Å²) in [5.74, 6) is 0.493. The number of amides is 2. The molecular formula is C18H17N3O3S2. The van der Waals surface area contributed by atoms with Gasteiger partial charge in [-0.2, -0.15) is 0 Å². The Morgan fingerprint density at radius 1 is 1.35 bits per heavy atom. The largest absolute Gasteiger partial charge is 0.497 e. The van der Waals surface area contributed by atoms with Crippen molar-refractivity contribution in [2.45, 2.75) is 18.9 Å². The zero-order valence-electron chi connectivity index (χ0n) is 14.1. The SMILES string of the molecule is COc1ccc2nc(NC(=O)[C@@H]3CCCN3C(=O)c3cccs3)sc2c1. The zero-order chi connectivity index (χ0) is 18.1. The van der Waals surface area contributed by atoms with Crippen molar-refractivity contribution >= 4 is 49.8 Å². The molecule has 0 aliphatic carbocycles. The number of anilines is 1. The average molecular weight is 387 g/mol. The number of hydrogen-bond donors (Lipinski definition) is 1. The van der Waals surface area contributed by atoms with E-state index < -0.39 is 6.04 Å². The minimum absolute atomic E-state index is 0.0771. The number of fused-ring (bicyclic) bond motifs is 1. The van der Waals surface area contributed by atoms with Crippen LogP contribution in [0.5, 0.6) is 5.75 Å². The molecule has 26 heavy (non-hydrogen) atoms. The molecule has 8 heteroatoms. The molecule has 2 aromatic heterocycles. The standard InChI is InChI=1S/C18H17N3O3S2/c1-24-11-6-7-12-15(10-11)26-18(19-12)20-16(22)13-4-2-8-21(13)17(23)14-5-3-9-25-14/h3,5-7,9-10,13H,2,4,8H2,1H3,(H,19,20,22)/t13-/m0/s1. The van der Waals surface area contributed by atoms with E-state index in [9.17, 15) is 9.59 Å². The molecule has 1 aliphatic heterocycles. The summed E-state index contributed by atoms with van der Waals surface area (Å²) in [7, 11) is 1.62. The summed E-state index contributed by atoms with van der Waals surface area (Å²) in [5.41, 5.74) is 0.809. The molecular weight excluding hydrogens is 370 g/mol. The van der Waals surface area contributed by atoms with Crippen LogP contribution in [0.4, 0.5) is 5.13 Å². The van der Waals surface area contributed by atoms with Crippen LogP contribution in [0.3, 0.4) is 0 Å². The molecule has 0 bridgehead atoms. The molecule has 4 rings (SSSR count). The van der Waals surface area contributed by atoms with Gasteiger partial charge in [-0.05, 0) is 42.5 Å². The van der Waals surface area contributed by atoms with Gasteiger partial charge in [0.2, 0.25) is 5.91 Å². The molecule has 3 aromatic rings. The molecule has 0 saturated carbocycles. The second-order valence-electron chi connectivity index (χ2n) is 5.98. The molecule has 2 amide bonds. The van der Waals surface area contributed by atoms with E-state index in [1.165, 1.54) is 22.7 Å². The summed E-state index contributed by atoms with van der Waals surface area (Å²) in [5, 5.41) is 5.28. The van der Waals surface area contributed by atoms with Gasteiger partial charge in [0.15, 0.2) is 5.13 Å². The number of benzene rings is 1. The normalized spacial score (nSPS) is 16.8. The number of thiophene rings is 1.